The molecule has 0 aromatic heterocycles. The number of hydrogen-bond acceptors (Lipinski definition) is 5. The molecular weight excluding hydrogens is 226 g/mol. The molecule has 17 heavy (non-hydrogen) atoms. The minimum absolute atomic E-state index is 0.159. The summed E-state index contributed by atoms with van der Waals surface area (Å²) in [5.41, 5.74) is 0.575. The summed E-state index contributed by atoms with van der Waals surface area (Å²) in [4.78, 5) is 33.0. The summed E-state index contributed by atoms with van der Waals surface area (Å²) in [5.74, 6) is -1.17. The lowest BCUT2D eigenvalue weighted by molar-refractivity contribution is -0.105. The predicted molar refractivity (Wildman–Crippen MR) is 58.8 cm³/mol. The van der Waals surface area contributed by atoms with Crippen LogP contribution in [0.3, 0.4) is 0 Å². The summed E-state index contributed by atoms with van der Waals surface area (Å²) in [6.07, 6.45) is 0.406. The Balaban J connectivity index is 3.20. The monoisotopic (exact) mass is 237 g/mol. The molecule has 90 valence electrons. The fraction of sp³-hybridized carbons (Fsp3) is 0.182. The quantitative estimate of drug-likeness (QED) is 0.619. The molecule has 0 spiro atoms. The van der Waals surface area contributed by atoms with Crippen LogP contribution in [-0.4, -0.2) is 32.6 Å². The van der Waals surface area contributed by atoms with Crippen molar-refractivity contribution in [2.24, 2.45) is 0 Å². The Hall–Kier alpha value is -2.37. The van der Waals surface area contributed by atoms with Gasteiger partial charge in [0.25, 0.3) is 0 Å². The maximum Gasteiger partial charge on any atom is 0.339 e. The molecule has 1 N–H and O–H groups in total. The summed E-state index contributed by atoms with van der Waals surface area (Å²) in [6, 6.07) is 4.13. The highest BCUT2D eigenvalue weighted by atomic mass is 16.5. The van der Waals surface area contributed by atoms with Gasteiger partial charge in [-0.1, -0.05) is 0 Å². The number of anilines is 1. The molecule has 0 fully saturated rings. The Kier molecular flexibility index (Phi) is 4.21. The molecule has 1 amide bonds. The molecule has 0 atom stereocenters. The first kappa shape index (κ1) is 12.7. The van der Waals surface area contributed by atoms with Gasteiger partial charge in [-0.2, -0.15) is 0 Å². The van der Waals surface area contributed by atoms with Crippen LogP contribution in [0.5, 0.6) is 0 Å². The minimum atomic E-state index is -0.606. The highest BCUT2D eigenvalue weighted by Gasteiger charge is 2.15. The van der Waals surface area contributed by atoms with Gasteiger partial charge in [0.05, 0.1) is 31.0 Å². The molecule has 0 saturated heterocycles. The van der Waals surface area contributed by atoms with E-state index in [1.165, 1.54) is 32.4 Å². The van der Waals surface area contributed by atoms with Crippen molar-refractivity contribution in [1.29, 1.82) is 0 Å². The van der Waals surface area contributed by atoms with Crippen molar-refractivity contribution in [1.82, 2.24) is 0 Å². The average molecular weight is 237 g/mol. The molecular formula is C11H11NO5. The zero-order valence-corrected chi connectivity index (χ0v) is 9.35. The van der Waals surface area contributed by atoms with E-state index in [0.717, 1.165) is 0 Å². The number of rotatable bonds is 4. The van der Waals surface area contributed by atoms with E-state index in [1.807, 2.05) is 0 Å². The van der Waals surface area contributed by atoms with Crippen LogP contribution in [0, 0.1) is 0 Å². The van der Waals surface area contributed by atoms with E-state index in [2.05, 4.69) is 14.8 Å². The van der Waals surface area contributed by atoms with E-state index in [1.54, 1.807) is 0 Å². The number of hydrogen-bond donors (Lipinski definition) is 1. The van der Waals surface area contributed by atoms with E-state index < -0.39 is 11.9 Å². The summed E-state index contributed by atoms with van der Waals surface area (Å²) in [6.45, 7) is 0. The first-order chi connectivity index (χ1) is 8.13. The number of carbonyl (C=O) groups excluding carboxylic acids is 3. The van der Waals surface area contributed by atoms with E-state index in [9.17, 15) is 14.4 Å². The topological polar surface area (TPSA) is 81.7 Å². The Morgan fingerprint density at radius 1 is 1.18 bits per heavy atom. The van der Waals surface area contributed by atoms with E-state index in [4.69, 9.17) is 0 Å². The molecule has 6 heteroatoms. The lowest BCUT2D eigenvalue weighted by Crippen LogP contribution is -2.09. The third-order valence-electron chi connectivity index (χ3n) is 2.06. The SMILES string of the molecule is COC(=O)c1ccc(C(=O)OC)c(NC=O)c1. The molecule has 6 nitrogen and oxygen atoms in total. The van der Waals surface area contributed by atoms with Crippen molar-refractivity contribution in [2.45, 2.75) is 0 Å². The van der Waals surface area contributed by atoms with Crippen LogP contribution < -0.4 is 5.32 Å². The van der Waals surface area contributed by atoms with Gasteiger partial charge in [0, 0.05) is 0 Å². The second-order valence-electron chi connectivity index (χ2n) is 3.01. The van der Waals surface area contributed by atoms with Gasteiger partial charge in [-0.15, -0.1) is 0 Å². The fourth-order valence-electron chi connectivity index (χ4n) is 1.26. The van der Waals surface area contributed by atoms with Crippen molar-refractivity contribution >= 4 is 24.0 Å². The van der Waals surface area contributed by atoms with Crippen LogP contribution in [0.2, 0.25) is 0 Å². The highest BCUT2D eigenvalue weighted by Crippen LogP contribution is 2.18. The Labute approximate surface area is 97.5 Å². The Bertz CT molecular complexity index is 455. The molecule has 1 aromatic carbocycles. The number of carbonyl (C=O) groups is 3. The van der Waals surface area contributed by atoms with E-state index in [0.29, 0.717) is 6.41 Å². The van der Waals surface area contributed by atoms with Crippen LogP contribution >= 0.6 is 0 Å². The number of amides is 1. The maximum absolute atomic E-state index is 11.4. The minimum Gasteiger partial charge on any atom is -0.465 e. The number of esters is 2. The van der Waals surface area contributed by atoms with Crippen molar-refractivity contribution < 1.29 is 23.9 Å². The molecule has 0 aliphatic heterocycles. The molecule has 0 saturated carbocycles. The van der Waals surface area contributed by atoms with Gasteiger partial charge in [0.2, 0.25) is 6.41 Å². The second kappa shape index (κ2) is 5.64. The van der Waals surface area contributed by atoms with Gasteiger partial charge < -0.3 is 14.8 Å². The predicted octanol–water partition coefficient (Wildman–Crippen LogP) is 0.828. The average Bonchev–Trinajstić information content (AvgIpc) is 2.37. The number of benzene rings is 1. The van der Waals surface area contributed by atoms with E-state index in [-0.39, 0.29) is 16.8 Å². The fourth-order valence-corrected chi connectivity index (χ4v) is 1.26. The van der Waals surface area contributed by atoms with Crippen LogP contribution in [0.15, 0.2) is 18.2 Å². The standard InChI is InChI=1S/C11H11NO5/c1-16-10(14)7-3-4-8(11(15)17-2)9(5-7)12-6-13/h3-6H,1-2H3,(H,12,13). The van der Waals surface area contributed by atoms with E-state index >= 15 is 0 Å². The number of methoxy groups -OCH3 is 2. The second-order valence-corrected chi connectivity index (χ2v) is 3.01. The molecule has 0 bridgehead atoms. The third kappa shape index (κ3) is 2.81. The van der Waals surface area contributed by atoms with Crippen molar-refractivity contribution in [3.05, 3.63) is 29.3 Å². The largest absolute Gasteiger partial charge is 0.465 e. The summed E-state index contributed by atoms with van der Waals surface area (Å²) < 4.78 is 9.06. The van der Waals surface area contributed by atoms with Gasteiger partial charge >= 0.3 is 11.9 Å². The van der Waals surface area contributed by atoms with Crippen LogP contribution in [-0.2, 0) is 14.3 Å². The maximum atomic E-state index is 11.4. The van der Waals surface area contributed by atoms with Crippen molar-refractivity contribution in [3.63, 3.8) is 0 Å². The van der Waals surface area contributed by atoms with Gasteiger partial charge in [0.1, 0.15) is 0 Å². The van der Waals surface area contributed by atoms with Crippen molar-refractivity contribution in [2.75, 3.05) is 19.5 Å². The lowest BCUT2D eigenvalue weighted by atomic mass is 10.1. The highest BCUT2D eigenvalue weighted by molar-refractivity contribution is 6.00. The zero-order chi connectivity index (χ0) is 12.8. The zero-order valence-electron chi connectivity index (χ0n) is 9.35. The molecule has 1 rings (SSSR count). The van der Waals surface area contributed by atoms with Crippen molar-refractivity contribution in [3.8, 4) is 0 Å². The first-order valence-corrected chi connectivity index (χ1v) is 4.65. The Morgan fingerprint density at radius 3 is 2.35 bits per heavy atom. The summed E-state index contributed by atoms with van der Waals surface area (Å²) >= 11 is 0. The summed E-state index contributed by atoms with van der Waals surface area (Å²) in [7, 11) is 2.46. The molecule has 0 aliphatic rings. The summed E-state index contributed by atoms with van der Waals surface area (Å²) in [5, 5.41) is 2.32. The van der Waals surface area contributed by atoms with Gasteiger partial charge in [-0.25, -0.2) is 9.59 Å². The molecule has 0 heterocycles. The number of ether oxygens (including phenoxy) is 2. The van der Waals surface area contributed by atoms with Crippen LogP contribution in [0.1, 0.15) is 20.7 Å². The normalized spacial score (nSPS) is 9.29. The van der Waals surface area contributed by atoms with Gasteiger partial charge in [0.15, 0.2) is 0 Å². The lowest BCUT2D eigenvalue weighted by Gasteiger charge is -2.08. The first-order valence-electron chi connectivity index (χ1n) is 4.65. The Morgan fingerprint density at radius 2 is 1.82 bits per heavy atom. The molecule has 0 unspecified atom stereocenters. The van der Waals surface area contributed by atoms with Gasteiger partial charge in [-0.3, -0.25) is 4.79 Å². The third-order valence-corrected chi connectivity index (χ3v) is 2.06. The van der Waals surface area contributed by atoms with Crippen LogP contribution in [0.25, 0.3) is 0 Å². The molecule has 0 radical (unpaired) electrons. The number of nitrogens with one attached hydrogen (secondary N) is 1. The van der Waals surface area contributed by atoms with Gasteiger partial charge in [-0.05, 0) is 18.2 Å². The molecule has 1 aromatic rings. The van der Waals surface area contributed by atoms with Crippen LogP contribution in [0.4, 0.5) is 5.69 Å². The smallest absolute Gasteiger partial charge is 0.339 e. The molecule has 0 aliphatic carbocycles.